The lowest BCUT2D eigenvalue weighted by molar-refractivity contribution is 0.568. The second-order valence-electron chi connectivity index (χ2n) is 5.41. The van der Waals surface area contributed by atoms with Crippen molar-refractivity contribution in [1.82, 2.24) is 5.32 Å². The van der Waals surface area contributed by atoms with Gasteiger partial charge in [0.2, 0.25) is 0 Å². The highest BCUT2D eigenvalue weighted by Crippen LogP contribution is 2.34. The van der Waals surface area contributed by atoms with Crippen LogP contribution in [0.15, 0.2) is 12.1 Å². The van der Waals surface area contributed by atoms with E-state index in [1.54, 1.807) is 11.9 Å². The molecule has 1 aromatic carbocycles. The quantitative estimate of drug-likeness (QED) is 0.867. The molecule has 0 spiro atoms. The topological polar surface area (TPSA) is 15.3 Å². The fourth-order valence-electron chi connectivity index (χ4n) is 2.25. The number of hydrogen-bond donors (Lipinski definition) is 1. The van der Waals surface area contributed by atoms with E-state index in [2.05, 4.69) is 5.32 Å². The van der Waals surface area contributed by atoms with E-state index in [1.165, 1.54) is 25.0 Å². The molecule has 1 N–H and O–H groups in total. The van der Waals surface area contributed by atoms with Gasteiger partial charge in [0, 0.05) is 25.7 Å². The number of hydrogen-bond acceptors (Lipinski definition) is 2. The molecule has 0 aliphatic heterocycles. The highest BCUT2D eigenvalue weighted by Gasteiger charge is 2.30. The molecule has 18 heavy (non-hydrogen) atoms. The second-order valence-corrected chi connectivity index (χ2v) is 5.41. The fraction of sp³-hybridized carbons (Fsp3) is 0.571. The first kappa shape index (κ1) is 11.9. The molecule has 0 atom stereocenters. The summed E-state index contributed by atoms with van der Waals surface area (Å²) in [6.07, 6.45) is 4.40. The van der Waals surface area contributed by atoms with Crippen molar-refractivity contribution in [3.63, 3.8) is 0 Å². The minimum Gasteiger partial charge on any atom is -0.367 e. The molecule has 0 heterocycles. The van der Waals surface area contributed by atoms with Gasteiger partial charge in [0.15, 0.2) is 0 Å². The maximum atomic E-state index is 14.0. The Hall–Kier alpha value is -1.16. The summed E-state index contributed by atoms with van der Waals surface area (Å²) < 4.78 is 28.0. The van der Waals surface area contributed by atoms with E-state index >= 15 is 0 Å². The van der Waals surface area contributed by atoms with Gasteiger partial charge in [-0.05, 0) is 43.4 Å². The molecule has 2 aliphatic rings. The van der Waals surface area contributed by atoms with Crippen molar-refractivity contribution in [2.45, 2.75) is 44.3 Å². The van der Waals surface area contributed by atoms with Gasteiger partial charge in [-0.1, -0.05) is 0 Å². The predicted molar refractivity (Wildman–Crippen MR) is 67.6 cm³/mol. The largest absolute Gasteiger partial charge is 0.367 e. The Balaban J connectivity index is 1.77. The first-order valence-corrected chi connectivity index (χ1v) is 6.59. The van der Waals surface area contributed by atoms with E-state index in [4.69, 9.17) is 0 Å². The molecule has 2 saturated carbocycles. The molecular formula is C14H18F2N2. The minimum absolute atomic E-state index is 0.118. The van der Waals surface area contributed by atoms with Gasteiger partial charge >= 0.3 is 0 Å². The van der Waals surface area contributed by atoms with E-state index in [-0.39, 0.29) is 5.69 Å². The predicted octanol–water partition coefficient (Wildman–Crippen LogP) is 2.82. The highest BCUT2D eigenvalue weighted by molar-refractivity contribution is 5.51. The molecule has 0 bridgehead atoms. The van der Waals surface area contributed by atoms with Gasteiger partial charge in [-0.3, -0.25) is 0 Å². The van der Waals surface area contributed by atoms with E-state index < -0.39 is 11.6 Å². The number of nitrogens with zero attached hydrogens (tertiary/aromatic N) is 1. The van der Waals surface area contributed by atoms with Crippen LogP contribution in [0.25, 0.3) is 0 Å². The molecule has 98 valence electrons. The number of nitrogens with one attached hydrogen (secondary N) is 1. The Kier molecular flexibility index (Phi) is 2.98. The second kappa shape index (κ2) is 4.50. The maximum absolute atomic E-state index is 14.0. The molecule has 0 aromatic heterocycles. The molecule has 0 saturated heterocycles. The molecular weight excluding hydrogens is 234 g/mol. The summed E-state index contributed by atoms with van der Waals surface area (Å²) >= 11 is 0. The van der Waals surface area contributed by atoms with Crippen LogP contribution in [0, 0.1) is 11.6 Å². The van der Waals surface area contributed by atoms with Gasteiger partial charge in [0.25, 0.3) is 0 Å². The van der Waals surface area contributed by atoms with Crippen molar-refractivity contribution < 1.29 is 8.78 Å². The van der Waals surface area contributed by atoms with Crippen molar-refractivity contribution in [1.29, 1.82) is 0 Å². The lowest BCUT2D eigenvalue weighted by Gasteiger charge is -2.20. The SMILES string of the molecule is CN(c1c(F)cc(CNC2CC2)cc1F)C1CC1. The molecule has 4 heteroatoms. The molecule has 2 aliphatic carbocycles. The van der Waals surface area contributed by atoms with Crippen LogP contribution in [0.4, 0.5) is 14.5 Å². The molecule has 3 rings (SSSR count). The van der Waals surface area contributed by atoms with Crippen molar-refractivity contribution in [2.75, 3.05) is 11.9 Å². The Morgan fingerprint density at radius 2 is 1.78 bits per heavy atom. The third kappa shape index (κ3) is 2.48. The first-order valence-electron chi connectivity index (χ1n) is 6.59. The molecule has 2 nitrogen and oxygen atoms in total. The molecule has 0 radical (unpaired) electrons. The van der Waals surface area contributed by atoms with Gasteiger partial charge in [0.1, 0.15) is 17.3 Å². The minimum atomic E-state index is -0.447. The lowest BCUT2D eigenvalue weighted by Crippen LogP contribution is -2.23. The van der Waals surface area contributed by atoms with Crippen LogP contribution < -0.4 is 10.2 Å². The number of anilines is 1. The van der Waals surface area contributed by atoms with Gasteiger partial charge in [0.05, 0.1) is 0 Å². The Bertz CT molecular complexity index is 430. The lowest BCUT2D eigenvalue weighted by atomic mass is 10.1. The van der Waals surface area contributed by atoms with Crippen LogP contribution in [0.2, 0.25) is 0 Å². The van der Waals surface area contributed by atoms with Crippen LogP contribution in [0.5, 0.6) is 0 Å². The first-order chi connectivity index (χ1) is 8.65. The van der Waals surface area contributed by atoms with E-state index in [1.807, 2.05) is 0 Å². The average molecular weight is 252 g/mol. The number of benzene rings is 1. The zero-order valence-electron chi connectivity index (χ0n) is 10.5. The van der Waals surface area contributed by atoms with Gasteiger partial charge in [-0.25, -0.2) is 8.78 Å². The van der Waals surface area contributed by atoms with Crippen molar-refractivity contribution in [2.24, 2.45) is 0 Å². The van der Waals surface area contributed by atoms with Crippen LogP contribution >= 0.6 is 0 Å². The Morgan fingerprint density at radius 3 is 2.28 bits per heavy atom. The van der Waals surface area contributed by atoms with Gasteiger partial charge < -0.3 is 10.2 Å². The third-order valence-electron chi connectivity index (χ3n) is 3.70. The summed E-state index contributed by atoms with van der Waals surface area (Å²) in [5.41, 5.74) is 0.803. The number of rotatable bonds is 5. The third-order valence-corrected chi connectivity index (χ3v) is 3.70. The normalized spacial score (nSPS) is 19.1. The summed E-state index contributed by atoms with van der Waals surface area (Å²) in [5.74, 6) is -0.894. The number of halogens is 2. The summed E-state index contributed by atoms with van der Waals surface area (Å²) in [5, 5.41) is 3.26. The van der Waals surface area contributed by atoms with E-state index in [9.17, 15) is 8.78 Å². The van der Waals surface area contributed by atoms with Crippen LogP contribution in [0.3, 0.4) is 0 Å². The molecule has 0 amide bonds. The van der Waals surface area contributed by atoms with Crippen molar-refractivity contribution in [3.05, 3.63) is 29.3 Å². The molecule has 0 unspecified atom stereocenters. The Labute approximate surface area is 106 Å². The molecule has 1 aromatic rings. The van der Waals surface area contributed by atoms with Crippen LogP contribution in [-0.4, -0.2) is 19.1 Å². The summed E-state index contributed by atoms with van der Waals surface area (Å²) in [4.78, 5) is 1.72. The monoisotopic (exact) mass is 252 g/mol. The van der Waals surface area contributed by atoms with E-state index in [0.717, 1.165) is 12.8 Å². The zero-order chi connectivity index (χ0) is 12.7. The average Bonchev–Trinajstić information content (AvgIpc) is 3.16. The fourth-order valence-corrected chi connectivity index (χ4v) is 2.25. The zero-order valence-corrected chi connectivity index (χ0v) is 10.5. The van der Waals surface area contributed by atoms with Crippen LogP contribution in [0.1, 0.15) is 31.2 Å². The van der Waals surface area contributed by atoms with Crippen molar-refractivity contribution >= 4 is 5.69 Å². The Morgan fingerprint density at radius 1 is 1.17 bits per heavy atom. The van der Waals surface area contributed by atoms with Crippen molar-refractivity contribution in [3.8, 4) is 0 Å². The standard InChI is InChI=1S/C14H18F2N2/c1-18(11-4-5-11)14-12(15)6-9(7-13(14)16)8-17-10-2-3-10/h6-7,10-11,17H,2-5,8H2,1H3. The smallest absolute Gasteiger partial charge is 0.149 e. The van der Waals surface area contributed by atoms with Gasteiger partial charge in [-0.2, -0.15) is 0 Å². The summed E-state index contributed by atoms with van der Waals surface area (Å²) in [6, 6.07) is 3.76. The molecule has 2 fully saturated rings. The summed E-state index contributed by atoms with van der Waals surface area (Å²) in [6.45, 7) is 0.548. The van der Waals surface area contributed by atoms with Gasteiger partial charge in [-0.15, -0.1) is 0 Å². The summed E-state index contributed by atoms with van der Waals surface area (Å²) in [7, 11) is 1.77. The maximum Gasteiger partial charge on any atom is 0.149 e. The van der Waals surface area contributed by atoms with E-state index in [0.29, 0.717) is 24.2 Å². The highest BCUT2D eigenvalue weighted by atomic mass is 19.1. The van der Waals surface area contributed by atoms with Crippen LogP contribution in [-0.2, 0) is 6.54 Å².